The van der Waals surface area contributed by atoms with Crippen LogP contribution in [0.25, 0.3) is 11.0 Å². The lowest BCUT2D eigenvalue weighted by Crippen LogP contribution is -1.91. The lowest BCUT2D eigenvalue weighted by atomic mass is 10.3. The average molecular weight is 320 g/mol. The van der Waals surface area contributed by atoms with E-state index in [1.165, 1.54) is 11.3 Å². The number of thiophene rings is 1. The first-order valence-corrected chi connectivity index (χ1v) is 6.72. The van der Waals surface area contributed by atoms with E-state index < -0.39 is 11.6 Å². The van der Waals surface area contributed by atoms with E-state index in [-0.39, 0.29) is 0 Å². The molecule has 1 aromatic carbocycles. The average Bonchev–Trinajstić information content (AvgIpc) is 2.88. The maximum atomic E-state index is 13.1. The van der Waals surface area contributed by atoms with Crippen molar-refractivity contribution < 1.29 is 8.78 Å². The van der Waals surface area contributed by atoms with Gasteiger partial charge in [-0.1, -0.05) is 23.2 Å². The second-order valence-electron chi connectivity index (χ2n) is 3.73. The molecule has 0 unspecified atom stereocenters. The minimum Gasteiger partial charge on any atom is -0.324 e. The van der Waals surface area contributed by atoms with Gasteiger partial charge in [-0.15, -0.1) is 11.3 Å². The zero-order valence-electron chi connectivity index (χ0n) is 9.10. The molecule has 98 valence electrons. The van der Waals surface area contributed by atoms with Crippen LogP contribution in [0, 0.1) is 11.6 Å². The summed E-state index contributed by atoms with van der Waals surface area (Å²) in [5.74, 6) is -1.58. The molecular weight excluding hydrogens is 315 g/mol. The second-order valence-corrected chi connectivity index (χ2v) is 5.62. The molecule has 2 N–H and O–H groups in total. The molecule has 8 heteroatoms. The standard InChI is InChI=1S/C11H5Cl2F2N3S/c12-4-3-19-10(13)9(4)18-11-16-7-1-5(14)6(15)2-8(7)17-11/h1-3H,(H2,16,17,18). The molecule has 0 aliphatic heterocycles. The summed E-state index contributed by atoms with van der Waals surface area (Å²) in [6.45, 7) is 0. The topological polar surface area (TPSA) is 40.7 Å². The molecule has 0 aliphatic rings. The van der Waals surface area contributed by atoms with E-state index in [4.69, 9.17) is 23.2 Å². The highest BCUT2D eigenvalue weighted by molar-refractivity contribution is 7.15. The van der Waals surface area contributed by atoms with Crippen LogP contribution >= 0.6 is 34.5 Å². The minimum atomic E-state index is -0.947. The van der Waals surface area contributed by atoms with E-state index in [1.807, 2.05) is 0 Å². The van der Waals surface area contributed by atoms with E-state index in [9.17, 15) is 8.78 Å². The number of nitrogens with zero attached hydrogens (tertiary/aromatic N) is 1. The first-order chi connectivity index (χ1) is 9.04. The Morgan fingerprint density at radius 1 is 1.21 bits per heavy atom. The highest BCUT2D eigenvalue weighted by Gasteiger charge is 2.12. The van der Waals surface area contributed by atoms with Gasteiger partial charge in [0.2, 0.25) is 5.95 Å². The van der Waals surface area contributed by atoms with Crippen molar-refractivity contribution in [3.8, 4) is 0 Å². The van der Waals surface area contributed by atoms with Gasteiger partial charge in [0.15, 0.2) is 11.6 Å². The van der Waals surface area contributed by atoms with Gasteiger partial charge in [-0.2, -0.15) is 0 Å². The number of nitrogens with one attached hydrogen (secondary N) is 2. The summed E-state index contributed by atoms with van der Waals surface area (Å²) in [5, 5.41) is 5.01. The molecule has 0 saturated heterocycles. The molecule has 0 fully saturated rings. The van der Waals surface area contributed by atoms with Gasteiger partial charge in [-0.3, -0.25) is 0 Å². The Balaban J connectivity index is 2.02. The van der Waals surface area contributed by atoms with Crippen LogP contribution in [-0.4, -0.2) is 9.97 Å². The first-order valence-electron chi connectivity index (χ1n) is 5.09. The SMILES string of the molecule is Fc1cc2nc(Nc3c(Cl)csc3Cl)[nH]c2cc1F. The maximum absolute atomic E-state index is 13.1. The normalized spacial score (nSPS) is 11.2. The van der Waals surface area contributed by atoms with Crippen LogP contribution in [0.1, 0.15) is 0 Å². The Morgan fingerprint density at radius 3 is 2.63 bits per heavy atom. The van der Waals surface area contributed by atoms with Gasteiger partial charge in [0.05, 0.1) is 21.7 Å². The number of hydrogen-bond donors (Lipinski definition) is 2. The molecule has 2 aromatic heterocycles. The van der Waals surface area contributed by atoms with Gasteiger partial charge in [-0.05, 0) is 0 Å². The second kappa shape index (κ2) is 4.63. The van der Waals surface area contributed by atoms with Crippen LogP contribution in [0.15, 0.2) is 17.5 Å². The molecule has 3 rings (SSSR count). The first kappa shape index (κ1) is 12.7. The summed E-state index contributed by atoms with van der Waals surface area (Å²) < 4.78 is 26.6. The number of imidazole rings is 1. The molecule has 0 bridgehead atoms. The number of aromatic nitrogens is 2. The Hall–Kier alpha value is -1.37. The largest absolute Gasteiger partial charge is 0.324 e. The van der Waals surface area contributed by atoms with E-state index >= 15 is 0 Å². The molecule has 2 heterocycles. The molecule has 0 saturated carbocycles. The fourth-order valence-electron chi connectivity index (χ4n) is 1.61. The third-order valence-electron chi connectivity index (χ3n) is 2.47. The number of halogens is 4. The van der Waals surface area contributed by atoms with Crippen molar-refractivity contribution in [2.45, 2.75) is 0 Å². The van der Waals surface area contributed by atoms with Crippen molar-refractivity contribution in [3.05, 3.63) is 38.5 Å². The smallest absolute Gasteiger partial charge is 0.205 e. The molecule has 0 amide bonds. The van der Waals surface area contributed by atoms with Crippen molar-refractivity contribution in [1.29, 1.82) is 0 Å². The molecule has 3 nitrogen and oxygen atoms in total. The van der Waals surface area contributed by atoms with Crippen molar-refractivity contribution >= 4 is 57.2 Å². The number of anilines is 2. The van der Waals surface area contributed by atoms with E-state index in [1.54, 1.807) is 5.38 Å². The Bertz CT molecular complexity index is 710. The number of hydrogen-bond acceptors (Lipinski definition) is 3. The number of rotatable bonds is 2. The lowest BCUT2D eigenvalue weighted by Gasteiger charge is -2.00. The predicted molar refractivity (Wildman–Crippen MR) is 73.6 cm³/mol. The van der Waals surface area contributed by atoms with Crippen LogP contribution < -0.4 is 5.32 Å². The summed E-state index contributed by atoms with van der Waals surface area (Å²) in [5.41, 5.74) is 1.20. The zero-order chi connectivity index (χ0) is 13.6. The van der Waals surface area contributed by atoms with Crippen LogP contribution in [-0.2, 0) is 0 Å². The lowest BCUT2D eigenvalue weighted by molar-refractivity contribution is 0.510. The van der Waals surface area contributed by atoms with Gasteiger partial charge in [0, 0.05) is 17.5 Å². The van der Waals surface area contributed by atoms with Crippen LogP contribution in [0.4, 0.5) is 20.4 Å². The third kappa shape index (κ3) is 2.27. The van der Waals surface area contributed by atoms with Crippen LogP contribution in [0.3, 0.4) is 0 Å². The predicted octanol–water partition coefficient (Wildman–Crippen LogP) is 4.95. The van der Waals surface area contributed by atoms with Gasteiger partial charge in [0.25, 0.3) is 0 Å². The quantitative estimate of drug-likeness (QED) is 0.701. The molecular formula is C11H5Cl2F2N3S. The summed E-state index contributed by atoms with van der Waals surface area (Å²) in [6, 6.07) is 2.06. The van der Waals surface area contributed by atoms with Gasteiger partial charge < -0.3 is 10.3 Å². The highest BCUT2D eigenvalue weighted by Crippen LogP contribution is 2.38. The fourth-order valence-corrected chi connectivity index (χ4v) is 2.87. The molecule has 19 heavy (non-hydrogen) atoms. The van der Waals surface area contributed by atoms with Gasteiger partial charge in [0.1, 0.15) is 4.34 Å². The van der Waals surface area contributed by atoms with E-state index in [2.05, 4.69) is 15.3 Å². The van der Waals surface area contributed by atoms with Gasteiger partial charge >= 0.3 is 0 Å². The molecule has 0 atom stereocenters. The zero-order valence-corrected chi connectivity index (χ0v) is 11.4. The number of H-pyrrole nitrogens is 1. The van der Waals surface area contributed by atoms with E-state index in [0.29, 0.717) is 32.0 Å². The van der Waals surface area contributed by atoms with Crippen molar-refractivity contribution in [1.82, 2.24) is 9.97 Å². The third-order valence-corrected chi connectivity index (χ3v) is 4.12. The summed E-state index contributed by atoms with van der Waals surface area (Å²) in [4.78, 5) is 6.90. The summed E-state index contributed by atoms with van der Waals surface area (Å²) in [7, 11) is 0. The summed E-state index contributed by atoms with van der Waals surface area (Å²) >= 11 is 13.2. The molecule has 0 aliphatic carbocycles. The van der Waals surface area contributed by atoms with Gasteiger partial charge in [-0.25, -0.2) is 13.8 Å². The summed E-state index contributed by atoms with van der Waals surface area (Å²) in [6.07, 6.45) is 0. The van der Waals surface area contributed by atoms with E-state index in [0.717, 1.165) is 12.1 Å². The van der Waals surface area contributed by atoms with Crippen LogP contribution in [0.2, 0.25) is 9.36 Å². The number of benzene rings is 1. The minimum absolute atomic E-state index is 0.308. The number of fused-ring (bicyclic) bond motifs is 1. The van der Waals surface area contributed by atoms with Crippen LogP contribution in [0.5, 0.6) is 0 Å². The Labute approximate surface area is 120 Å². The van der Waals surface area contributed by atoms with Crippen molar-refractivity contribution in [2.75, 3.05) is 5.32 Å². The monoisotopic (exact) mass is 319 g/mol. The molecule has 3 aromatic rings. The number of aromatic amines is 1. The molecule has 0 radical (unpaired) electrons. The highest BCUT2D eigenvalue weighted by atomic mass is 35.5. The Kier molecular flexibility index (Phi) is 3.08. The Morgan fingerprint density at radius 2 is 1.95 bits per heavy atom. The van der Waals surface area contributed by atoms with Crippen molar-refractivity contribution in [3.63, 3.8) is 0 Å². The van der Waals surface area contributed by atoms with Crippen molar-refractivity contribution in [2.24, 2.45) is 0 Å². The molecule has 0 spiro atoms. The fraction of sp³-hybridized carbons (Fsp3) is 0. The maximum Gasteiger partial charge on any atom is 0.205 e.